The van der Waals surface area contributed by atoms with Gasteiger partial charge in [-0.3, -0.25) is 4.79 Å². The van der Waals surface area contributed by atoms with Crippen LogP contribution in [0.2, 0.25) is 0 Å². The number of ether oxygens (including phenoxy) is 2. The molecule has 1 aliphatic heterocycles. The molecule has 0 spiro atoms. The number of hydrogen-bond acceptors (Lipinski definition) is 4. The molecule has 0 saturated carbocycles. The molecule has 1 rings (SSSR count). The van der Waals surface area contributed by atoms with E-state index in [1.54, 1.807) is 0 Å². The second-order valence-electron chi connectivity index (χ2n) is 3.97. The third kappa shape index (κ3) is 5.33. The van der Waals surface area contributed by atoms with Crippen LogP contribution >= 0.6 is 0 Å². The average molecular weight is 284 g/mol. The van der Waals surface area contributed by atoms with Crippen LogP contribution in [0.1, 0.15) is 0 Å². The summed E-state index contributed by atoms with van der Waals surface area (Å²) in [6.07, 6.45) is -5.55. The summed E-state index contributed by atoms with van der Waals surface area (Å²) in [6.45, 7) is -0.863. The second kappa shape index (κ2) is 6.60. The predicted octanol–water partition coefficient (Wildman–Crippen LogP) is 0.476. The Balaban J connectivity index is 2.33. The van der Waals surface area contributed by atoms with Crippen molar-refractivity contribution < 1.29 is 32.2 Å². The van der Waals surface area contributed by atoms with Crippen molar-refractivity contribution in [3.8, 4) is 0 Å². The van der Waals surface area contributed by atoms with Gasteiger partial charge in [0.15, 0.2) is 6.61 Å². The van der Waals surface area contributed by atoms with Gasteiger partial charge in [0.25, 0.3) is 0 Å². The van der Waals surface area contributed by atoms with Crippen molar-refractivity contribution in [1.29, 1.82) is 0 Å². The Morgan fingerprint density at radius 1 is 1.11 bits per heavy atom. The van der Waals surface area contributed by atoms with E-state index in [2.05, 4.69) is 9.47 Å². The Kier molecular flexibility index (Phi) is 5.40. The van der Waals surface area contributed by atoms with Crippen molar-refractivity contribution in [3.05, 3.63) is 0 Å². The van der Waals surface area contributed by atoms with Crippen molar-refractivity contribution in [2.24, 2.45) is 0 Å². The first-order chi connectivity index (χ1) is 8.83. The minimum Gasteiger partial charge on any atom is -0.440 e. The number of hydrogen-bond donors (Lipinski definition) is 0. The van der Waals surface area contributed by atoms with Gasteiger partial charge >= 0.3 is 12.3 Å². The van der Waals surface area contributed by atoms with Gasteiger partial charge in [0.05, 0.1) is 0 Å². The fourth-order valence-electron chi connectivity index (χ4n) is 1.59. The molecule has 19 heavy (non-hydrogen) atoms. The summed E-state index contributed by atoms with van der Waals surface area (Å²) in [7, 11) is 1.39. The molecule has 0 N–H and O–H groups in total. The van der Waals surface area contributed by atoms with Crippen LogP contribution in [0.25, 0.3) is 0 Å². The lowest BCUT2D eigenvalue weighted by molar-refractivity contribution is -0.162. The van der Waals surface area contributed by atoms with E-state index in [1.165, 1.54) is 12.0 Å². The third-order valence-electron chi connectivity index (χ3n) is 2.52. The van der Waals surface area contributed by atoms with Crippen molar-refractivity contribution in [2.75, 3.05) is 46.5 Å². The Morgan fingerprint density at radius 3 is 2.11 bits per heavy atom. The van der Waals surface area contributed by atoms with Gasteiger partial charge in [0.2, 0.25) is 5.91 Å². The molecule has 2 amide bonds. The number of piperazine rings is 1. The van der Waals surface area contributed by atoms with E-state index in [4.69, 9.17) is 0 Å². The molecule has 110 valence electrons. The van der Waals surface area contributed by atoms with Crippen LogP contribution in [0.4, 0.5) is 18.0 Å². The van der Waals surface area contributed by atoms with Crippen molar-refractivity contribution in [2.45, 2.75) is 6.18 Å². The van der Waals surface area contributed by atoms with E-state index in [0.717, 1.165) is 4.90 Å². The van der Waals surface area contributed by atoms with Gasteiger partial charge in [-0.1, -0.05) is 0 Å². The fourth-order valence-corrected chi connectivity index (χ4v) is 1.59. The first kappa shape index (κ1) is 15.5. The highest BCUT2D eigenvalue weighted by Crippen LogP contribution is 2.15. The number of halogens is 3. The van der Waals surface area contributed by atoms with Gasteiger partial charge in [-0.2, -0.15) is 13.2 Å². The van der Waals surface area contributed by atoms with E-state index in [9.17, 15) is 22.8 Å². The molecule has 1 saturated heterocycles. The SMILES string of the molecule is COCC(=O)N1CCN(C(=O)OCC(F)(F)F)CC1. The lowest BCUT2D eigenvalue weighted by Gasteiger charge is -2.34. The zero-order valence-corrected chi connectivity index (χ0v) is 10.4. The average Bonchev–Trinajstić information content (AvgIpc) is 2.35. The summed E-state index contributed by atoms with van der Waals surface area (Å²) >= 11 is 0. The lowest BCUT2D eigenvalue weighted by atomic mass is 10.3. The topological polar surface area (TPSA) is 59.1 Å². The van der Waals surface area contributed by atoms with Gasteiger partial charge in [-0.15, -0.1) is 0 Å². The van der Waals surface area contributed by atoms with Gasteiger partial charge < -0.3 is 19.3 Å². The summed E-state index contributed by atoms with van der Waals surface area (Å²) in [4.78, 5) is 25.4. The summed E-state index contributed by atoms with van der Waals surface area (Å²) in [5.74, 6) is -0.217. The summed E-state index contributed by atoms with van der Waals surface area (Å²) < 4.78 is 44.4. The van der Waals surface area contributed by atoms with E-state index in [-0.39, 0.29) is 38.7 Å². The highest BCUT2D eigenvalue weighted by molar-refractivity contribution is 5.78. The predicted molar refractivity (Wildman–Crippen MR) is 57.4 cm³/mol. The largest absolute Gasteiger partial charge is 0.440 e. The second-order valence-corrected chi connectivity index (χ2v) is 3.97. The van der Waals surface area contributed by atoms with Crippen LogP contribution in [0.3, 0.4) is 0 Å². The number of amides is 2. The number of rotatable bonds is 3. The molecular formula is C10H15F3N2O4. The van der Waals surface area contributed by atoms with Crippen molar-refractivity contribution >= 4 is 12.0 Å². The quantitative estimate of drug-likeness (QED) is 0.756. The Labute approximate surface area is 108 Å². The zero-order valence-electron chi connectivity index (χ0n) is 10.4. The maximum absolute atomic E-state index is 11.9. The van der Waals surface area contributed by atoms with Gasteiger partial charge in [-0.05, 0) is 0 Å². The molecule has 1 fully saturated rings. The van der Waals surface area contributed by atoms with Crippen LogP contribution in [0.5, 0.6) is 0 Å². The number of carbonyl (C=O) groups is 2. The molecule has 9 heteroatoms. The van der Waals surface area contributed by atoms with Gasteiger partial charge in [-0.25, -0.2) is 4.79 Å². The molecule has 0 aromatic rings. The standard InChI is InChI=1S/C10H15F3N2O4/c1-18-6-8(16)14-2-4-15(5-3-14)9(17)19-7-10(11,12)13/h2-7H2,1H3. The first-order valence-corrected chi connectivity index (χ1v) is 5.58. The maximum atomic E-state index is 11.9. The molecule has 1 heterocycles. The number of carbonyl (C=O) groups excluding carboxylic acids is 2. The molecular weight excluding hydrogens is 269 g/mol. The molecule has 0 bridgehead atoms. The molecule has 6 nitrogen and oxygen atoms in total. The molecule has 0 aromatic carbocycles. The van der Waals surface area contributed by atoms with E-state index in [1.807, 2.05) is 0 Å². The Bertz CT molecular complexity index is 327. The highest BCUT2D eigenvalue weighted by atomic mass is 19.4. The molecule has 1 aliphatic rings. The van der Waals surface area contributed by atoms with Crippen molar-refractivity contribution in [3.63, 3.8) is 0 Å². The summed E-state index contributed by atoms with van der Waals surface area (Å²) in [5.41, 5.74) is 0. The maximum Gasteiger partial charge on any atom is 0.422 e. The molecule has 0 aromatic heterocycles. The van der Waals surface area contributed by atoms with Crippen LogP contribution in [0, 0.1) is 0 Å². The molecule has 0 atom stereocenters. The fraction of sp³-hybridized carbons (Fsp3) is 0.800. The first-order valence-electron chi connectivity index (χ1n) is 5.58. The normalized spacial score (nSPS) is 16.4. The van der Waals surface area contributed by atoms with Crippen LogP contribution in [-0.2, 0) is 14.3 Å². The number of alkyl halides is 3. The smallest absolute Gasteiger partial charge is 0.422 e. The van der Waals surface area contributed by atoms with Crippen LogP contribution in [0.15, 0.2) is 0 Å². The minimum atomic E-state index is -4.54. The highest BCUT2D eigenvalue weighted by Gasteiger charge is 2.32. The monoisotopic (exact) mass is 284 g/mol. The minimum absolute atomic E-state index is 0.0570. The van der Waals surface area contributed by atoms with E-state index in [0.29, 0.717) is 0 Å². The summed E-state index contributed by atoms with van der Waals surface area (Å²) in [6, 6.07) is 0. The zero-order chi connectivity index (χ0) is 14.5. The Morgan fingerprint density at radius 2 is 1.63 bits per heavy atom. The molecule has 0 aliphatic carbocycles. The van der Waals surface area contributed by atoms with E-state index >= 15 is 0 Å². The van der Waals surface area contributed by atoms with Crippen LogP contribution < -0.4 is 0 Å². The van der Waals surface area contributed by atoms with Gasteiger partial charge in [0, 0.05) is 33.3 Å². The van der Waals surface area contributed by atoms with Gasteiger partial charge in [0.1, 0.15) is 6.61 Å². The molecule has 0 radical (unpaired) electrons. The summed E-state index contributed by atoms with van der Waals surface area (Å²) in [5, 5.41) is 0. The molecule has 0 unspecified atom stereocenters. The van der Waals surface area contributed by atoms with Crippen LogP contribution in [-0.4, -0.2) is 74.5 Å². The van der Waals surface area contributed by atoms with E-state index < -0.39 is 18.9 Å². The van der Waals surface area contributed by atoms with Crippen molar-refractivity contribution in [1.82, 2.24) is 9.80 Å². The number of nitrogens with zero attached hydrogens (tertiary/aromatic N) is 2. The third-order valence-corrected chi connectivity index (χ3v) is 2.52. The number of methoxy groups -OCH3 is 1. The lowest BCUT2D eigenvalue weighted by Crippen LogP contribution is -2.51. The Hall–Kier alpha value is -1.51.